The Balaban J connectivity index is 0. The zero-order valence-corrected chi connectivity index (χ0v) is 22.7. The summed E-state index contributed by atoms with van der Waals surface area (Å²) in [6, 6.07) is 0. The van der Waals surface area contributed by atoms with Gasteiger partial charge in [-0.1, -0.05) is 96.8 Å². The average Bonchev–Trinajstić information content (AvgIpc) is 3.07. The summed E-state index contributed by atoms with van der Waals surface area (Å²) >= 11 is 0. The Kier molecular flexibility index (Phi) is 23.7. The smallest absolute Gasteiger partial charge is 0.466 e. The predicted molar refractivity (Wildman–Crippen MR) is 137 cm³/mol. The number of cyclic esters (lactones) is 1. The van der Waals surface area contributed by atoms with Crippen LogP contribution >= 0.6 is 7.82 Å². The van der Waals surface area contributed by atoms with Crippen LogP contribution in [-0.2, 0) is 18.9 Å². The summed E-state index contributed by atoms with van der Waals surface area (Å²) in [7, 11) is -4.64. The maximum Gasteiger partial charge on any atom is 0.466 e. The summed E-state index contributed by atoms with van der Waals surface area (Å²) < 4.78 is 13.2. The molecule has 2 atom stereocenters. The number of hydrogen-bond donors (Lipinski definition) is 8. The van der Waals surface area contributed by atoms with Crippen molar-refractivity contribution in [2.45, 2.75) is 122 Å². The Morgan fingerprint density at radius 2 is 1.19 bits per heavy atom. The molecular formula is C24H47O12P. The standard InChI is InChI=1S/C18H36O2.C6H8O6.H3O4P/c1-2-3-4-5-6-7-8-9-10-11-12-13-14-15-16-17-18(19)20;7-1-2(8)5-3(9)4(10)6(11)12-5;1-5(2,3)4/h2-17H2,1H3,(H,19,20);2,5,7-10H,1H2;(H3,1,2,3,4)/t;2-,5+;/m.0./s1. The molecule has 13 heteroatoms. The van der Waals surface area contributed by atoms with Gasteiger partial charge in [0.2, 0.25) is 5.76 Å². The molecule has 1 aliphatic heterocycles. The van der Waals surface area contributed by atoms with Crippen LogP contribution in [0.1, 0.15) is 110 Å². The zero-order chi connectivity index (χ0) is 28.7. The van der Waals surface area contributed by atoms with E-state index in [9.17, 15) is 9.59 Å². The van der Waals surface area contributed by atoms with Crippen LogP contribution in [0.25, 0.3) is 0 Å². The van der Waals surface area contributed by atoms with E-state index in [0.717, 1.165) is 12.8 Å². The molecule has 0 saturated heterocycles. The Bertz CT molecular complexity index is 668. The molecule has 0 radical (unpaired) electrons. The van der Waals surface area contributed by atoms with Gasteiger partial charge < -0.3 is 44.9 Å². The number of aliphatic carboxylic acids is 1. The number of aliphatic hydroxyl groups excluding tert-OH is 4. The van der Waals surface area contributed by atoms with Gasteiger partial charge in [0.1, 0.15) is 6.10 Å². The normalized spacial score (nSPS) is 15.8. The molecule has 220 valence electrons. The molecule has 1 heterocycles. The van der Waals surface area contributed by atoms with Crippen LogP contribution in [0.15, 0.2) is 11.5 Å². The van der Waals surface area contributed by atoms with Crippen molar-refractivity contribution in [1.82, 2.24) is 0 Å². The van der Waals surface area contributed by atoms with Gasteiger partial charge >= 0.3 is 19.8 Å². The highest BCUT2D eigenvalue weighted by Crippen LogP contribution is 2.25. The summed E-state index contributed by atoms with van der Waals surface area (Å²) in [6.07, 6.45) is 17.4. The highest BCUT2D eigenvalue weighted by atomic mass is 31.2. The molecule has 0 saturated carbocycles. The summed E-state index contributed by atoms with van der Waals surface area (Å²) in [6.45, 7) is 1.60. The number of carbonyl (C=O) groups is 2. The van der Waals surface area contributed by atoms with E-state index in [1.165, 1.54) is 83.5 Å². The molecule has 0 aromatic heterocycles. The Hall–Kier alpha value is -1.69. The summed E-state index contributed by atoms with van der Waals surface area (Å²) in [5.74, 6) is -3.43. The fraction of sp³-hybridized carbons (Fsp3) is 0.833. The van der Waals surface area contributed by atoms with Crippen molar-refractivity contribution in [3.05, 3.63) is 11.5 Å². The molecule has 0 aliphatic carbocycles. The molecule has 0 spiro atoms. The number of carbonyl (C=O) groups excluding carboxylic acids is 1. The number of phosphoric acid groups is 1. The van der Waals surface area contributed by atoms with Crippen molar-refractivity contribution in [2.24, 2.45) is 0 Å². The van der Waals surface area contributed by atoms with Crippen LogP contribution < -0.4 is 0 Å². The SMILES string of the molecule is CCCCCCCCCCCCCCCCCC(=O)O.O=C1O[C@H]([C@@H](O)CO)C(O)=C1O.O=P(O)(O)O. The van der Waals surface area contributed by atoms with Gasteiger partial charge in [-0.25, -0.2) is 9.36 Å². The topological polar surface area (TPSA) is 222 Å². The van der Waals surface area contributed by atoms with Crippen molar-refractivity contribution in [1.29, 1.82) is 0 Å². The molecule has 12 nitrogen and oxygen atoms in total. The van der Waals surface area contributed by atoms with E-state index in [0.29, 0.717) is 6.42 Å². The molecule has 1 rings (SSSR count). The molecular weight excluding hydrogens is 511 g/mol. The third kappa shape index (κ3) is 25.7. The Morgan fingerprint density at radius 1 is 0.838 bits per heavy atom. The highest BCUT2D eigenvalue weighted by molar-refractivity contribution is 7.45. The van der Waals surface area contributed by atoms with Gasteiger partial charge in [0.25, 0.3) is 0 Å². The lowest BCUT2D eigenvalue weighted by atomic mass is 10.0. The van der Waals surface area contributed by atoms with Gasteiger partial charge in [-0.05, 0) is 6.42 Å². The Morgan fingerprint density at radius 3 is 1.46 bits per heavy atom. The van der Waals surface area contributed by atoms with E-state index < -0.39 is 50.1 Å². The monoisotopic (exact) mass is 558 g/mol. The van der Waals surface area contributed by atoms with E-state index in [1.807, 2.05) is 0 Å². The Labute approximate surface area is 219 Å². The third-order valence-electron chi connectivity index (χ3n) is 5.47. The fourth-order valence-corrected chi connectivity index (χ4v) is 3.47. The maximum absolute atomic E-state index is 10.5. The van der Waals surface area contributed by atoms with Gasteiger partial charge in [-0.15, -0.1) is 0 Å². The van der Waals surface area contributed by atoms with Gasteiger partial charge in [0.15, 0.2) is 11.9 Å². The zero-order valence-electron chi connectivity index (χ0n) is 21.8. The molecule has 0 aromatic carbocycles. The van der Waals surface area contributed by atoms with Gasteiger partial charge in [-0.3, -0.25) is 4.79 Å². The van der Waals surface area contributed by atoms with E-state index in [2.05, 4.69) is 11.7 Å². The van der Waals surface area contributed by atoms with E-state index in [4.69, 9.17) is 44.8 Å². The second-order valence-electron chi connectivity index (χ2n) is 8.92. The minimum absolute atomic E-state index is 0.345. The summed E-state index contributed by atoms with van der Waals surface area (Å²) in [5.41, 5.74) is 0. The van der Waals surface area contributed by atoms with Crippen LogP contribution in [0, 0.1) is 0 Å². The lowest BCUT2D eigenvalue weighted by Gasteiger charge is -2.13. The number of rotatable bonds is 18. The number of ether oxygens (including phenoxy) is 1. The number of carboxylic acid groups (broad SMARTS) is 1. The third-order valence-corrected chi connectivity index (χ3v) is 5.47. The predicted octanol–water partition coefficient (Wildman–Crippen LogP) is 4.00. The first-order valence-electron chi connectivity index (χ1n) is 13.0. The molecule has 37 heavy (non-hydrogen) atoms. The summed E-state index contributed by atoms with van der Waals surface area (Å²) in [4.78, 5) is 42.4. The van der Waals surface area contributed by atoms with Crippen molar-refractivity contribution in [2.75, 3.05) is 6.61 Å². The molecule has 0 amide bonds. The first-order chi connectivity index (χ1) is 17.3. The first kappa shape index (κ1) is 37.5. The molecule has 0 unspecified atom stereocenters. The van der Waals surface area contributed by atoms with E-state index >= 15 is 0 Å². The van der Waals surface area contributed by atoms with Crippen LogP contribution in [-0.4, -0.2) is 71.0 Å². The lowest BCUT2D eigenvalue weighted by Crippen LogP contribution is -2.31. The number of unbranched alkanes of at least 4 members (excludes halogenated alkanes) is 14. The molecule has 1 aliphatic rings. The molecule has 8 N–H and O–H groups in total. The van der Waals surface area contributed by atoms with Crippen LogP contribution in [0.4, 0.5) is 0 Å². The molecule has 0 bridgehead atoms. The van der Waals surface area contributed by atoms with Gasteiger partial charge in [0, 0.05) is 6.42 Å². The number of carboxylic acids is 1. The largest absolute Gasteiger partial charge is 0.505 e. The maximum atomic E-state index is 10.5. The van der Waals surface area contributed by atoms with Crippen molar-refractivity contribution < 1.29 is 59.1 Å². The molecule has 0 fully saturated rings. The van der Waals surface area contributed by atoms with Crippen molar-refractivity contribution in [3.63, 3.8) is 0 Å². The van der Waals surface area contributed by atoms with E-state index in [-0.39, 0.29) is 0 Å². The molecule has 0 aromatic rings. The lowest BCUT2D eigenvalue weighted by molar-refractivity contribution is -0.147. The van der Waals surface area contributed by atoms with Crippen LogP contribution in [0.3, 0.4) is 0 Å². The van der Waals surface area contributed by atoms with Gasteiger partial charge in [-0.2, -0.15) is 0 Å². The van der Waals surface area contributed by atoms with Crippen molar-refractivity contribution >= 4 is 19.8 Å². The second-order valence-corrected chi connectivity index (χ2v) is 9.94. The number of hydrogen-bond acceptors (Lipinski definition) is 8. The van der Waals surface area contributed by atoms with Crippen molar-refractivity contribution in [3.8, 4) is 0 Å². The van der Waals surface area contributed by atoms with Crippen LogP contribution in [0.5, 0.6) is 0 Å². The first-order valence-corrected chi connectivity index (χ1v) is 14.5. The second kappa shape index (κ2) is 23.4. The highest BCUT2D eigenvalue weighted by Gasteiger charge is 2.38. The number of aliphatic hydroxyl groups is 4. The van der Waals surface area contributed by atoms with Gasteiger partial charge in [0.05, 0.1) is 6.61 Å². The average molecular weight is 559 g/mol. The summed E-state index contributed by atoms with van der Waals surface area (Å²) in [5, 5.41) is 43.6. The quantitative estimate of drug-likeness (QED) is 0.0679. The fourth-order valence-electron chi connectivity index (χ4n) is 3.47. The van der Waals surface area contributed by atoms with Crippen LogP contribution in [0.2, 0.25) is 0 Å². The minimum Gasteiger partial charge on any atom is -0.505 e. The number of esters is 1. The van der Waals surface area contributed by atoms with E-state index in [1.54, 1.807) is 0 Å². The minimum atomic E-state index is -4.64.